The highest BCUT2D eigenvalue weighted by Crippen LogP contribution is 2.36. The highest BCUT2D eigenvalue weighted by Gasteiger charge is 2.40. The molecule has 2 amide bonds. The lowest BCUT2D eigenvalue weighted by molar-refractivity contribution is -0.138. The number of thioether (sulfide) groups is 1. The highest BCUT2D eigenvalue weighted by molar-refractivity contribution is 8.18. The average molecular weight is 567 g/mol. The van der Waals surface area contributed by atoms with Crippen molar-refractivity contribution in [2.75, 3.05) is 20.2 Å². The molecule has 3 heterocycles. The van der Waals surface area contributed by atoms with Crippen LogP contribution >= 0.6 is 11.8 Å². The van der Waals surface area contributed by atoms with E-state index >= 15 is 0 Å². The number of nitrogens with one attached hydrogen (secondary N) is 1. The Bertz CT molecular complexity index is 1350. The number of hydrogen-bond donors (Lipinski definition) is 2. The number of hydrogen-bond acceptors (Lipinski definition) is 6. The lowest BCUT2D eigenvalue weighted by Crippen LogP contribution is -2.47. The number of aromatic nitrogens is 2. The molecular weight excluding hydrogens is 536 g/mol. The van der Waals surface area contributed by atoms with Gasteiger partial charge in [0.1, 0.15) is 5.82 Å². The van der Waals surface area contributed by atoms with Crippen molar-refractivity contribution in [3.8, 4) is 0 Å². The summed E-state index contributed by atoms with van der Waals surface area (Å²) in [5.41, 5.74) is 0.114. The van der Waals surface area contributed by atoms with Gasteiger partial charge in [-0.1, -0.05) is 26.0 Å². The first-order valence-corrected chi connectivity index (χ1v) is 13.3. The molecule has 2 aromatic carbocycles. The summed E-state index contributed by atoms with van der Waals surface area (Å²) in [5.74, 6) is -1.28. The number of carbonyl (C=O) groups excluding carboxylic acids is 2. The van der Waals surface area contributed by atoms with E-state index in [1.807, 2.05) is 13.8 Å². The second kappa shape index (κ2) is 13.2. The predicted octanol–water partition coefficient (Wildman–Crippen LogP) is 5.67. The molecule has 3 aromatic rings. The normalized spacial score (nSPS) is 18.6. The van der Waals surface area contributed by atoms with Gasteiger partial charge >= 0.3 is 6.18 Å². The molecule has 210 valence electrons. The van der Waals surface area contributed by atoms with E-state index in [4.69, 9.17) is 5.11 Å². The van der Waals surface area contributed by atoms with Crippen LogP contribution in [0.15, 0.2) is 47.5 Å². The largest absolute Gasteiger partial charge is 0.416 e. The number of carbonyl (C=O) groups is 2. The van der Waals surface area contributed by atoms with Crippen molar-refractivity contribution >= 4 is 39.9 Å². The van der Waals surface area contributed by atoms with Crippen LogP contribution in [-0.2, 0) is 17.5 Å². The maximum absolute atomic E-state index is 13.4. The molecule has 2 N–H and O–H groups in total. The van der Waals surface area contributed by atoms with Crippen molar-refractivity contribution in [3.05, 3.63) is 70.0 Å². The van der Waals surface area contributed by atoms with Gasteiger partial charge in [0, 0.05) is 19.0 Å². The Morgan fingerprint density at radius 1 is 1.15 bits per heavy atom. The number of fused-ring (bicyclic) bond motifs is 1. The molecule has 0 aliphatic carbocycles. The predicted molar refractivity (Wildman–Crippen MR) is 143 cm³/mol. The van der Waals surface area contributed by atoms with Gasteiger partial charge in [-0.15, -0.1) is 0 Å². The van der Waals surface area contributed by atoms with Gasteiger partial charge in [0.2, 0.25) is 0 Å². The fraction of sp³-hybridized carbons (Fsp3) is 0.370. The summed E-state index contributed by atoms with van der Waals surface area (Å²) in [6.07, 6.45) is 0.134. The van der Waals surface area contributed by atoms with E-state index in [0.29, 0.717) is 34.0 Å². The number of nitrogens with zero attached hydrogens (tertiary/aromatic N) is 3. The van der Waals surface area contributed by atoms with E-state index in [0.717, 1.165) is 50.4 Å². The Kier molecular flexibility index (Phi) is 10.3. The molecule has 1 atom stereocenters. The molecular formula is C27H30F4N4O3S. The van der Waals surface area contributed by atoms with Gasteiger partial charge in [0.15, 0.2) is 0 Å². The summed E-state index contributed by atoms with van der Waals surface area (Å²) in [5, 5.41) is 14.8. The number of halogens is 4. The third-order valence-electron chi connectivity index (χ3n) is 6.12. The van der Waals surface area contributed by atoms with Crippen molar-refractivity contribution in [1.29, 1.82) is 0 Å². The first-order chi connectivity index (χ1) is 18.7. The summed E-state index contributed by atoms with van der Waals surface area (Å²) in [6.45, 7) is 5.27. The standard InChI is InChI=1S/C24H20F4N4O2S.C2H6.CH4O/c25-17-5-4-15(19(10-17)24(26,27)28)13-31-20-6-3-14(8-16(20)11-30-31)9-21-22(33)32(23(34)35-21)18-2-1-7-29-12-18;2*1-2/h3-6,8-11,18,29H,1-2,7,12-13H2;1-2H3;2H,1H3/b21-9-;;/t18-;;/m1../s1. The zero-order valence-corrected chi connectivity index (χ0v) is 22.6. The smallest absolute Gasteiger partial charge is 0.400 e. The second-order valence-corrected chi connectivity index (χ2v) is 9.46. The monoisotopic (exact) mass is 566 g/mol. The quantitative estimate of drug-likeness (QED) is 0.313. The molecule has 2 saturated heterocycles. The van der Waals surface area contributed by atoms with Crippen LogP contribution in [0.4, 0.5) is 22.4 Å². The van der Waals surface area contributed by atoms with Crippen LogP contribution in [0.2, 0.25) is 0 Å². The number of aliphatic hydroxyl groups is 1. The van der Waals surface area contributed by atoms with Crippen molar-refractivity contribution in [3.63, 3.8) is 0 Å². The van der Waals surface area contributed by atoms with Crippen LogP contribution in [0.3, 0.4) is 0 Å². The Hall–Kier alpha value is -3.22. The van der Waals surface area contributed by atoms with Gasteiger partial charge in [0.05, 0.1) is 34.8 Å². The summed E-state index contributed by atoms with van der Waals surface area (Å²) in [6, 6.07) is 7.59. The van der Waals surface area contributed by atoms with E-state index < -0.39 is 17.6 Å². The Balaban J connectivity index is 0.00000100. The number of aliphatic hydroxyl groups excluding tert-OH is 1. The molecule has 0 spiro atoms. The minimum Gasteiger partial charge on any atom is -0.400 e. The number of amides is 2. The van der Waals surface area contributed by atoms with Gasteiger partial charge in [0.25, 0.3) is 11.1 Å². The molecule has 5 rings (SSSR count). The maximum Gasteiger partial charge on any atom is 0.416 e. The van der Waals surface area contributed by atoms with Crippen LogP contribution < -0.4 is 5.32 Å². The number of piperidine rings is 1. The van der Waals surface area contributed by atoms with E-state index in [1.165, 1.54) is 15.8 Å². The van der Waals surface area contributed by atoms with Crippen LogP contribution in [0.25, 0.3) is 17.0 Å². The first kappa shape index (κ1) is 30.3. The van der Waals surface area contributed by atoms with Crippen molar-refractivity contribution in [2.24, 2.45) is 0 Å². The molecule has 39 heavy (non-hydrogen) atoms. The summed E-state index contributed by atoms with van der Waals surface area (Å²) >= 11 is 0.900. The van der Waals surface area contributed by atoms with Crippen LogP contribution in [-0.4, -0.2) is 57.2 Å². The fourth-order valence-electron chi connectivity index (χ4n) is 4.43. The molecule has 0 radical (unpaired) electrons. The van der Waals surface area contributed by atoms with E-state index in [2.05, 4.69) is 10.4 Å². The zero-order chi connectivity index (χ0) is 28.7. The van der Waals surface area contributed by atoms with Crippen molar-refractivity contribution in [2.45, 2.75) is 45.5 Å². The molecule has 12 heteroatoms. The topological polar surface area (TPSA) is 87.5 Å². The minimum absolute atomic E-state index is 0.0983. The Labute approximate surface area is 227 Å². The number of rotatable bonds is 4. The highest BCUT2D eigenvalue weighted by atomic mass is 32.2. The molecule has 2 aliphatic rings. The second-order valence-electron chi connectivity index (χ2n) is 8.47. The van der Waals surface area contributed by atoms with Crippen molar-refractivity contribution < 1.29 is 32.3 Å². The van der Waals surface area contributed by atoms with E-state index in [1.54, 1.807) is 24.3 Å². The minimum atomic E-state index is -4.69. The van der Waals surface area contributed by atoms with Crippen LogP contribution in [0.1, 0.15) is 43.4 Å². The van der Waals surface area contributed by atoms with Crippen LogP contribution in [0.5, 0.6) is 0 Å². The Morgan fingerprint density at radius 3 is 2.56 bits per heavy atom. The Morgan fingerprint density at radius 2 is 1.90 bits per heavy atom. The van der Waals surface area contributed by atoms with Gasteiger partial charge < -0.3 is 10.4 Å². The van der Waals surface area contributed by atoms with Gasteiger partial charge in [-0.25, -0.2) is 4.39 Å². The SMILES string of the molecule is CC.CO.O=C1S/C(=C\c2ccc3c(cnn3Cc3ccc(F)cc3C(F)(F)F)c2)C(=O)N1[C@@H]1CCCNC1. The summed E-state index contributed by atoms with van der Waals surface area (Å²) < 4.78 is 54.9. The third-order valence-corrected chi connectivity index (χ3v) is 7.00. The zero-order valence-electron chi connectivity index (χ0n) is 21.8. The maximum atomic E-state index is 13.4. The van der Waals surface area contributed by atoms with Gasteiger partial charge in [-0.3, -0.25) is 19.2 Å². The van der Waals surface area contributed by atoms with Crippen molar-refractivity contribution in [1.82, 2.24) is 20.0 Å². The lowest BCUT2D eigenvalue weighted by atomic mass is 10.1. The van der Waals surface area contributed by atoms with Gasteiger partial charge in [-0.05, 0) is 72.6 Å². The molecule has 1 aromatic heterocycles. The molecule has 2 fully saturated rings. The summed E-state index contributed by atoms with van der Waals surface area (Å²) in [4.78, 5) is 27.0. The molecule has 0 bridgehead atoms. The lowest BCUT2D eigenvalue weighted by Gasteiger charge is -2.29. The molecule has 0 unspecified atom stereocenters. The molecule has 2 aliphatic heterocycles. The number of alkyl halides is 3. The average Bonchev–Trinajstić information content (AvgIpc) is 3.46. The van der Waals surface area contributed by atoms with E-state index in [9.17, 15) is 27.2 Å². The third kappa shape index (κ3) is 6.87. The van der Waals surface area contributed by atoms with Crippen LogP contribution in [0, 0.1) is 5.82 Å². The number of benzene rings is 2. The van der Waals surface area contributed by atoms with E-state index in [-0.39, 0.29) is 29.3 Å². The number of imide groups is 1. The summed E-state index contributed by atoms with van der Waals surface area (Å²) in [7, 11) is 1.00. The molecule has 0 saturated carbocycles. The fourth-order valence-corrected chi connectivity index (χ4v) is 5.33. The van der Waals surface area contributed by atoms with Gasteiger partial charge in [-0.2, -0.15) is 18.3 Å². The first-order valence-electron chi connectivity index (χ1n) is 12.4. The molecule has 7 nitrogen and oxygen atoms in total.